The largest absolute Gasteiger partial charge is 0.338 e. The number of nitrogens with zero attached hydrogens (tertiary/aromatic N) is 1. The van der Waals surface area contributed by atoms with Crippen LogP contribution in [0.2, 0.25) is 0 Å². The molecule has 112 valence electrons. The van der Waals surface area contributed by atoms with Crippen LogP contribution >= 0.6 is 46.1 Å². The molecule has 0 fully saturated rings. The van der Waals surface area contributed by atoms with Crippen LogP contribution in [0.25, 0.3) is 0 Å². The second-order valence-corrected chi connectivity index (χ2v) is 7.56. The number of anilines is 1. The summed E-state index contributed by atoms with van der Waals surface area (Å²) in [5.41, 5.74) is 1.55. The van der Waals surface area contributed by atoms with E-state index in [2.05, 4.69) is 15.6 Å². The van der Waals surface area contributed by atoms with Crippen molar-refractivity contribution in [3.63, 3.8) is 0 Å². The molecular formula is C13H12Cl3N3OS. The Hall–Kier alpha value is -1.01. The Bertz CT molecular complexity index is 596. The summed E-state index contributed by atoms with van der Waals surface area (Å²) in [5.74, 6) is -0.338. The molecule has 0 radical (unpaired) electrons. The van der Waals surface area contributed by atoms with Crippen molar-refractivity contribution in [2.75, 3.05) is 5.32 Å². The smallest absolute Gasteiger partial charge is 0.252 e. The summed E-state index contributed by atoms with van der Waals surface area (Å²) in [7, 11) is 0. The van der Waals surface area contributed by atoms with Gasteiger partial charge < -0.3 is 10.6 Å². The highest BCUT2D eigenvalue weighted by Gasteiger charge is 2.34. The maximum absolute atomic E-state index is 12.2. The number of aryl methyl sites for hydroxylation is 1. The average Bonchev–Trinajstić information content (AvgIpc) is 2.90. The molecule has 0 unspecified atom stereocenters. The van der Waals surface area contributed by atoms with Gasteiger partial charge in [0.25, 0.3) is 5.91 Å². The van der Waals surface area contributed by atoms with Gasteiger partial charge in [-0.15, -0.1) is 11.3 Å². The molecule has 21 heavy (non-hydrogen) atoms. The fourth-order valence-electron chi connectivity index (χ4n) is 1.54. The summed E-state index contributed by atoms with van der Waals surface area (Å²) in [6.45, 7) is 1.94. The molecule has 2 rings (SSSR count). The molecule has 0 saturated carbocycles. The van der Waals surface area contributed by atoms with E-state index < -0.39 is 9.96 Å². The van der Waals surface area contributed by atoms with E-state index in [1.165, 1.54) is 11.3 Å². The summed E-state index contributed by atoms with van der Waals surface area (Å²) in [4.78, 5) is 16.2. The Morgan fingerprint density at radius 3 is 2.48 bits per heavy atom. The van der Waals surface area contributed by atoms with Crippen LogP contribution in [0.15, 0.2) is 35.8 Å². The molecular weight excluding hydrogens is 353 g/mol. The number of amides is 1. The Labute approximate surface area is 141 Å². The minimum Gasteiger partial charge on any atom is -0.338 e. The molecule has 8 heteroatoms. The summed E-state index contributed by atoms with van der Waals surface area (Å²) < 4.78 is -1.72. The third-order valence-electron chi connectivity index (χ3n) is 2.62. The minimum atomic E-state index is -1.72. The summed E-state index contributed by atoms with van der Waals surface area (Å²) >= 11 is 19.1. The molecule has 0 bridgehead atoms. The fourth-order valence-corrected chi connectivity index (χ4v) is 2.42. The molecule has 0 spiro atoms. The first-order chi connectivity index (χ1) is 9.86. The first kappa shape index (κ1) is 16.4. The van der Waals surface area contributed by atoms with Gasteiger partial charge in [0.1, 0.15) is 6.17 Å². The SMILES string of the molecule is Cc1ccc(C(=O)N[C@H](Nc2nccs2)C(Cl)(Cl)Cl)cc1. The van der Waals surface area contributed by atoms with Gasteiger partial charge in [-0.1, -0.05) is 52.5 Å². The molecule has 1 aromatic heterocycles. The van der Waals surface area contributed by atoms with Crippen LogP contribution in [0.5, 0.6) is 0 Å². The highest BCUT2D eigenvalue weighted by molar-refractivity contribution is 7.13. The number of carbonyl (C=O) groups excluding carboxylic acids is 1. The van der Waals surface area contributed by atoms with Gasteiger partial charge in [-0.2, -0.15) is 0 Å². The van der Waals surface area contributed by atoms with Crippen LogP contribution in [0.3, 0.4) is 0 Å². The van der Waals surface area contributed by atoms with E-state index >= 15 is 0 Å². The first-order valence-corrected chi connectivity index (χ1v) is 7.98. The fraction of sp³-hybridized carbons (Fsp3) is 0.231. The number of halogens is 3. The van der Waals surface area contributed by atoms with Gasteiger partial charge in [-0.05, 0) is 19.1 Å². The van der Waals surface area contributed by atoms with Crippen molar-refractivity contribution in [1.29, 1.82) is 0 Å². The maximum atomic E-state index is 12.2. The first-order valence-electron chi connectivity index (χ1n) is 5.96. The molecule has 2 N–H and O–H groups in total. The Balaban J connectivity index is 2.11. The van der Waals surface area contributed by atoms with Gasteiger partial charge in [0.05, 0.1) is 0 Å². The normalized spacial score (nSPS) is 12.8. The number of carbonyl (C=O) groups is 1. The topological polar surface area (TPSA) is 54.0 Å². The minimum absolute atomic E-state index is 0.338. The van der Waals surface area contributed by atoms with Gasteiger partial charge in [0.2, 0.25) is 3.79 Å². The maximum Gasteiger partial charge on any atom is 0.252 e. The van der Waals surface area contributed by atoms with Gasteiger partial charge in [0.15, 0.2) is 5.13 Å². The zero-order valence-electron chi connectivity index (χ0n) is 10.9. The van der Waals surface area contributed by atoms with Crippen LogP contribution in [0.4, 0.5) is 5.13 Å². The van der Waals surface area contributed by atoms with Crippen molar-refractivity contribution in [3.8, 4) is 0 Å². The van der Waals surface area contributed by atoms with Crippen molar-refractivity contribution in [1.82, 2.24) is 10.3 Å². The summed E-state index contributed by atoms with van der Waals surface area (Å²) in [6, 6.07) is 7.11. The number of hydrogen-bond acceptors (Lipinski definition) is 4. The number of benzene rings is 1. The molecule has 1 aromatic carbocycles. The molecule has 0 saturated heterocycles. The molecule has 1 atom stereocenters. The van der Waals surface area contributed by atoms with Gasteiger partial charge >= 0.3 is 0 Å². The zero-order valence-corrected chi connectivity index (χ0v) is 14.0. The molecule has 0 aliphatic carbocycles. The third kappa shape index (κ3) is 4.74. The van der Waals surface area contributed by atoms with E-state index in [1.54, 1.807) is 23.7 Å². The summed E-state index contributed by atoms with van der Waals surface area (Å²) in [6.07, 6.45) is 0.715. The van der Waals surface area contributed by atoms with Gasteiger partial charge in [-0.3, -0.25) is 4.79 Å². The quantitative estimate of drug-likeness (QED) is 0.637. The average molecular weight is 365 g/mol. The number of rotatable bonds is 4. The number of aromatic nitrogens is 1. The predicted octanol–water partition coefficient (Wildman–Crippen LogP) is 3.99. The second-order valence-electron chi connectivity index (χ2n) is 4.30. The lowest BCUT2D eigenvalue weighted by Crippen LogP contribution is -2.49. The summed E-state index contributed by atoms with van der Waals surface area (Å²) in [5, 5.41) is 7.87. The Kier molecular flexibility index (Phi) is 5.32. The van der Waals surface area contributed by atoms with Crippen LogP contribution < -0.4 is 10.6 Å². The Morgan fingerprint density at radius 2 is 1.95 bits per heavy atom. The lowest BCUT2D eigenvalue weighted by Gasteiger charge is -2.26. The van der Waals surface area contributed by atoms with E-state index in [0.717, 1.165) is 5.56 Å². The molecule has 0 aliphatic heterocycles. The second kappa shape index (κ2) is 6.83. The monoisotopic (exact) mass is 363 g/mol. The number of hydrogen-bond donors (Lipinski definition) is 2. The van der Waals surface area contributed by atoms with E-state index in [4.69, 9.17) is 34.8 Å². The Morgan fingerprint density at radius 1 is 1.29 bits per heavy atom. The molecule has 4 nitrogen and oxygen atoms in total. The van der Waals surface area contributed by atoms with Crippen molar-refractivity contribution >= 4 is 57.2 Å². The van der Waals surface area contributed by atoms with Crippen molar-refractivity contribution in [2.24, 2.45) is 0 Å². The highest BCUT2D eigenvalue weighted by Crippen LogP contribution is 2.31. The standard InChI is InChI=1S/C13H12Cl3N3OS/c1-8-2-4-9(5-3-8)10(20)18-11(13(14,15)16)19-12-17-6-7-21-12/h2-7,11H,1H3,(H,17,19)(H,18,20)/t11-/m1/s1. The molecule has 2 aromatic rings. The van der Waals surface area contributed by atoms with E-state index in [-0.39, 0.29) is 5.91 Å². The molecule has 0 aliphatic rings. The van der Waals surface area contributed by atoms with Crippen LogP contribution in [-0.2, 0) is 0 Å². The zero-order chi connectivity index (χ0) is 15.5. The van der Waals surface area contributed by atoms with E-state index in [1.807, 2.05) is 19.1 Å². The molecule has 1 amide bonds. The third-order valence-corrected chi connectivity index (χ3v) is 3.98. The number of nitrogens with one attached hydrogen (secondary N) is 2. The number of thiazole rings is 1. The number of alkyl halides is 3. The van der Waals surface area contributed by atoms with E-state index in [0.29, 0.717) is 10.7 Å². The van der Waals surface area contributed by atoms with Crippen LogP contribution in [0.1, 0.15) is 15.9 Å². The van der Waals surface area contributed by atoms with Gasteiger partial charge in [0, 0.05) is 17.1 Å². The van der Waals surface area contributed by atoms with Crippen LogP contribution in [-0.4, -0.2) is 20.8 Å². The predicted molar refractivity (Wildman–Crippen MR) is 88.5 cm³/mol. The lowest BCUT2D eigenvalue weighted by molar-refractivity contribution is 0.0942. The van der Waals surface area contributed by atoms with Crippen LogP contribution in [0, 0.1) is 6.92 Å². The van der Waals surface area contributed by atoms with Crippen molar-refractivity contribution in [3.05, 3.63) is 47.0 Å². The lowest BCUT2D eigenvalue weighted by atomic mass is 10.1. The van der Waals surface area contributed by atoms with Gasteiger partial charge in [-0.25, -0.2) is 4.98 Å². The van der Waals surface area contributed by atoms with Crippen molar-refractivity contribution < 1.29 is 4.79 Å². The highest BCUT2D eigenvalue weighted by atomic mass is 35.6. The molecule has 1 heterocycles. The van der Waals surface area contributed by atoms with E-state index in [9.17, 15) is 4.79 Å². The van der Waals surface area contributed by atoms with Crippen molar-refractivity contribution in [2.45, 2.75) is 16.9 Å².